The standard InChI is InChI=1S/ClH.Mn.H2O.2O/h1H;;1H2;;/q;+2;;;/p-2. The van der Waals surface area contributed by atoms with Gasteiger partial charge in [0.2, 0.25) is 0 Å². The van der Waals surface area contributed by atoms with Crippen LogP contribution in [0.5, 0.6) is 0 Å². The van der Waals surface area contributed by atoms with Crippen molar-refractivity contribution in [3.05, 3.63) is 0 Å². The molecule has 33 valence electrons. The van der Waals surface area contributed by atoms with E-state index < -0.39 is 12.1 Å². The number of hydrogen-bond acceptors (Lipinski definition) is 2. The van der Waals surface area contributed by atoms with Crippen molar-refractivity contribution in [2.75, 3.05) is 0 Å². The van der Waals surface area contributed by atoms with Gasteiger partial charge in [0.1, 0.15) is 0 Å². The molecule has 0 aromatic heterocycles. The first kappa shape index (κ1) is 5.37. The minimum absolute atomic E-state index is 4.12. The van der Waals surface area contributed by atoms with Crippen LogP contribution in [-0.4, -0.2) is 4.19 Å². The number of hydrogen-bond donors (Lipinski definition) is 1. The molecule has 0 radical (unpaired) electrons. The zero-order valence-electron chi connectivity index (χ0n) is 2.02. The molecule has 0 heterocycles. The molecule has 0 saturated carbocycles. The SMILES string of the molecule is [O]=[Mn](=[O])([OH])[Cl]. The van der Waals surface area contributed by atoms with Crippen LogP contribution in [0.3, 0.4) is 0 Å². The summed E-state index contributed by atoms with van der Waals surface area (Å²) in [4.78, 5) is 0. The third-order valence-electron chi connectivity index (χ3n) is 0. The third-order valence-corrected chi connectivity index (χ3v) is 0. The van der Waals surface area contributed by atoms with Gasteiger partial charge in [0.05, 0.1) is 0 Å². The summed E-state index contributed by atoms with van der Waals surface area (Å²) in [5, 5.41) is 0. The Morgan fingerprint density at radius 1 is 1.60 bits per heavy atom. The Hall–Kier alpha value is 0.369. The second kappa shape index (κ2) is 1.22. The van der Waals surface area contributed by atoms with E-state index in [1.807, 2.05) is 0 Å². The summed E-state index contributed by atoms with van der Waals surface area (Å²) in [6.07, 6.45) is 0. The van der Waals surface area contributed by atoms with Crippen molar-refractivity contribution in [2.45, 2.75) is 0 Å². The quantitative estimate of drug-likeness (QED) is 0.477. The molecule has 0 atom stereocenters. The van der Waals surface area contributed by atoms with Gasteiger partial charge in [0.25, 0.3) is 0 Å². The molecule has 0 aromatic carbocycles. The average Bonchev–Trinajstić information content (AvgIpc) is 0.722. The van der Waals surface area contributed by atoms with E-state index in [9.17, 15) is 0 Å². The van der Waals surface area contributed by atoms with Gasteiger partial charge in [0.15, 0.2) is 0 Å². The van der Waals surface area contributed by atoms with Gasteiger partial charge in [-0.15, -0.1) is 0 Å². The van der Waals surface area contributed by atoms with E-state index in [-0.39, 0.29) is 0 Å². The summed E-state index contributed by atoms with van der Waals surface area (Å²) in [7, 11) is 4.12. The van der Waals surface area contributed by atoms with Crippen molar-refractivity contribution in [1.82, 2.24) is 0 Å². The maximum atomic E-state index is 9.01. The molecular weight excluding hydrogens is 138 g/mol. The van der Waals surface area contributed by atoms with Crippen LogP contribution in [0.25, 0.3) is 0 Å². The van der Waals surface area contributed by atoms with Crippen LogP contribution in [0, 0.1) is 0 Å². The third kappa shape index (κ3) is 180. The molecule has 0 spiro atoms. The van der Waals surface area contributed by atoms with Gasteiger partial charge in [-0.3, -0.25) is 0 Å². The van der Waals surface area contributed by atoms with E-state index in [1.165, 1.54) is 0 Å². The molecule has 5 heteroatoms. The van der Waals surface area contributed by atoms with Crippen LogP contribution in [0.4, 0.5) is 0 Å². The molecule has 0 aliphatic carbocycles. The van der Waals surface area contributed by atoms with Crippen molar-refractivity contribution in [3.63, 3.8) is 0 Å². The second-order valence-corrected chi connectivity index (χ2v) is 3.06. The van der Waals surface area contributed by atoms with Gasteiger partial charge in [0, 0.05) is 0 Å². The Kier molecular flexibility index (Phi) is 1.31. The molecule has 0 aliphatic rings. The van der Waals surface area contributed by atoms with Crippen molar-refractivity contribution in [1.29, 1.82) is 0 Å². The van der Waals surface area contributed by atoms with Gasteiger partial charge in [-0.25, -0.2) is 0 Å². The Balaban J connectivity index is 4.06. The van der Waals surface area contributed by atoms with Crippen molar-refractivity contribution < 1.29 is 24.0 Å². The molecule has 0 amide bonds. The fourth-order valence-corrected chi connectivity index (χ4v) is 0. The number of rotatable bonds is 0. The minimum atomic E-state index is -4.65. The van der Waals surface area contributed by atoms with Crippen molar-refractivity contribution in [3.8, 4) is 0 Å². The van der Waals surface area contributed by atoms with Gasteiger partial charge in [-0.2, -0.15) is 0 Å². The second-order valence-electron chi connectivity index (χ2n) is 0.382. The summed E-state index contributed by atoms with van der Waals surface area (Å²) in [6, 6.07) is 0. The average molecular weight is 139 g/mol. The monoisotopic (exact) mass is 139 g/mol. The van der Waals surface area contributed by atoms with E-state index in [0.717, 1.165) is 0 Å². The van der Waals surface area contributed by atoms with Crippen LogP contribution in [0.15, 0.2) is 0 Å². The molecular formula is HClMnO3. The van der Waals surface area contributed by atoms with Gasteiger partial charge < -0.3 is 0 Å². The summed E-state index contributed by atoms with van der Waals surface area (Å²) in [5.41, 5.74) is 0. The fourth-order valence-electron chi connectivity index (χ4n) is 0. The maximum absolute atomic E-state index is 9.01. The van der Waals surface area contributed by atoms with Gasteiger partial charge in [-0.05, 0) is 0 Å². The van der Waals surface area contributed by atoms with E-state index in [1.54, 1.807) is 0 Å². The van der Waals surface area contributed by atoms with Crippen molar-refractivity contribution in [2.24, 2.45) is 0 Å². The Morgan fingerprint density at radius 3 is 1.60 bits per heavy atom. The Morgan fingerprint density at radius 2 is 1.60 bits per heavy atom. The van der Waals surface area contributed by atoms with Crippen LogP contribution >= 0.6 is 10.1 Å². The van der Waals surface area contributed by atoms with Gasteiger partial charge >= 0.3 is 34.1 Å². The van der Waals surface area contributed by atoms with E-state index in [0.29, 0.717) is 0 Å². The summed E-state index contributed by atoms with van der Waals surface area (Å²) < 4.78 is 25.3. The predicted molar refractivity (Wildman–Crippen MR) is 9.44 cm³/mol. The molecule has 0 rings (SSSR count). The number of halogens is 1. The first-order chi connectivity index (χ1) is 2.00. The molecule has 0 aliphatic heterocycles. The molecule has 0 unspecified atom stereocenters. The Bertz CT molecular complexity index is 90.1. The molecule has 3 nitrogen and oxygen atoms in total. The van der Waals surface area contributed by atoms with Crippen molar-refractivity contribution >= 4 is 10.1 Å². The molecule has 5 heavy (non-hydrogen) atoms. The van der Waals surface area contributed by atoms with Crippen LogP contribution in [-0.2, 0) is 19.8 Å². The summed E-state index contributed by atoms with van der Waals surface area (Å²) in [6.45, 7) is 0. The molecule has 0 fully saturated rings. The molecule has 1 N–H and O–H groups in total. The van der Waals surface area contributed by atoms with Crippen LogP contribution in [0.2, 0.25) is 0 Å². The topological polar surface area (TPSA) is 54.4 Å². The molecule has 0 bridgehead atoms. The van der Waals surface area contributed by atoms with Crippen LogP contribution in [0.1, 0.15) is 0 Å². The normalized spacial score (nSPS) is 11.6. The zero-order chi connectivity index (χ0) is 4.50. The molecule has 0 aromatic rings. The Labute approximate surface area is 34.7 Å². The first-order valence-electron chi connectivity index (χ1n) is 0.620. The first-order valence-corrected chi connectivity index (χ1v) is 3.74. The summed E-state index contributed by atoms with van der Waals surface area (Å²) >= 11 is -4.65. The van der Waals surface area contributed by atoms with E-state index in [2.05, 4.69) is 10.1 Å². The van der Waals surface area contributed by atoms with Gasteiger partial charge in [-0.1, -0.05) is 0 Å². The zero-order valence-corrected chi connectivity index (χ0v) is 3.96. The summed E-state index contributed by atoms with van der Waals surface area (Å²) in [5.74, 6) is 0. The van der Waals surface area contributed by atoms with Crippen LogP contribution < -0.4 is 0 Å². The van der Waals surface area contributed by atoms with E-state index >= 15 is 0 Å². The molecule has 0 saturated heterocycles. The fraction of sp³-hybridized carbons (Fsp3) is 0. The predicted octanol–water partition coefficient (Wildman–Crippen LogP) is -0.108. The van der Waals surface area contributed by atoms with E-state index in [4.69, 9.17) is 11.9 Å².